The summed E-state index contributed by atoms with van der Waals surface area (Å²) in [6.45, 7) is 5.34. The maximum atomic E-state index is 11.9. The second kappa shape index (κ2) is 3.98. The van der Waals surface area contributed by atoms with Crippen LogP contribution in [-0.4, -0.2) is 16.5 Å². The molecule has 3 rings (SSSR count). The van der Waals surface area contributed by atoms with Gasteiger partial charge in [-0.25, -0.2) is 4.98 Å². The van der Waals surface area contributed by atoms with E-state index in [1.807, 2.05) is 0 Å². The highest BCUT2D eigenvalue weighted by Crippen LogP contribution is 2.51. The predicted octanol–water partition coefficient (Wildman–Crippen LogP) is 1.96. The molecule has 1 heterocycles. The Kier molecular flexibility index (Phi) is 2.52. The highest BCUT2D eigenvalue weighted by molar-refractivity contribution is 5.81. The lowest BCUT2D eigenvalue weighted by molar-refractivity contribution is 0.572. The van der Waals surface area contributed by atoms with E-state index >= 15 is 0 Å². The highest BCUT2D eigenvalue weighted by Gasteiger charge is 2.45. The van der Waals surface area contributed by atoms with Gasteiger partial charge in [-0.1, -0.05) is 13.8 Å². The number of aromatic amines is 1. The average Bonchev–Trinajstić information content (AvgIpc) is 2.96. The number of benzene rings is 1. The molecule has 4 N–H and O–H groups in total. The Morgan fingerprint density at radius 2 is 2.26 bits per heavy atom. The molecule has 19 heavy (non-hydrogen) atoms. The lowest BCUT2D eigenvalue weighted by atomic mass is 10.1. The molecule has 1 aromatic carbocycles. The molecular formula is C14H18N4O. The van der Waals surface area contributed by atoms with Crippen molar-refractivity contribution in [2.45, 2.75) is 20.3 Å². The van der Waals surface area contributed by atoms with Crippen molar-refractivity contribution in [1.29, 1.82) is 0 Å². The average molecular weight is 258 g/mol. The predicted molar refractivity (Wildman–Crippen MR) is 77.2 cm³/mol. The first-order chi connectivity index (χ1) is 8.95. The minimum atomic E-state index is -0.158. The first-order valence-corrected chi connectivity index (χ1v) is 6.49. The van der Waals surface area contributed by atoms with E-state index in [1.165, 1.54) is 6.42 Å². The first-order valence-electron chi connectivity index (χ1n) is 6.49. The monoisotopic (exact) mass is 258 g/mol. The number of hydrogen-bond donors (Lipinski definition) is 3. The van der Waals surface area contributed by atoms with Crippen LogP contribution < -0.4 is 16.6 Å². The molecule has 5 nitrogen and oxygen atoms in total. The third kappa shape index (κ3) is 2.28. The number of hydrogen-bond acceptors (Lipinski definition) is 4. The van der Waals surface area contributed by atoms with Crippen LogP contribution in [-0.2, 0) is 0 Å². The number of nitrogens with one attached hydrogen (secondary N) is 2. The summed E-state index contributed by atoms with van der Waals surface area (Å²) in [7, 11) is 0. The largest absolute Gasteiger partial charge is 0.399 e. The van der Waals surface area contributed by atoms with Gasteiger partial charge in [0.15, 0.2) is 0 Å². The summed E-state index contributed by atoms with van der Waals surface area (Å²) in [6, 6.07) is 5.17. The zero-order valence-electron chi connectivity index (χ0n) is 11.2. The Balaban J connectivity index is 1.85. The molecule has 5 heteroatoms. The van der Waals surface area contributed by atoms with Crippen LogP contribution in [0.15, 0.2) is 23.0 Å². The number of anilines is 2. The molecule has 1 atom stereocenters. The van der Waals surface area contributed by atoms with Crippen LogP contribution in [0.2, 0.25) is 0 Å². The van der Waals surface area contributed by atoms with E-state index in [2.05, 4.69) is 29.1 Å². The van der Waals surface area contributed by atoms with E-state index in [-0.39, 0.29) is 5.56 Å². The van der Waals surface area contributed by atoms with E-state index in [0.29, 0.717) is 33.9 Å². The van der Waals surface area contributed by atoms with Crippen molar-refractivity contribution < 1.29 is 0 Å². The summed E-state index contributed by atoms with van der Waals surface area (Å²) >= 11 is 0. The Morgan fingerprint density at radius 1 is 1.53 bits per heavy atom. The minimum absolute atomic E-state index is 0.158. The zero-order valence-corrected chi connectivity index (χ0v) is 11.2. The molecule has 0 radical (unpaired) electrons. The van der Waals surface area contributed by atoms with Crippen LogP contribution in [0.3, 0.4) is 0 Å². The summed E-state index contributed by atoms with van der Waals surface area (Å²) < 4.78 is 0. The molecular weight excluding hydrogens is 240 g/mol. The van der Waals surface area contributed by atoms with Crippen molar-refractivity contribution in [3.05, 3.63) is 28.6 Å². The van der Waals surface area contributed by atoms with Gasteiger partial charge >= 0.3 is 0 Å². The molecule has 1 fully saturated rings. The van der Waals surface area contributed by atoms with Gasteiger partial charge < -0.3 is 11.1 Å². The molecule has 2 aromatic rings. The summed E-state index contributed by atoms with van der Waals surface area (Å²) in [5, 5.41) is 3.74. The number of nitrogen functional groups attached to an aromatic ring is 1. The van der Waals surface area contributed by atoms with Gasteiger partial charge in [-0.15, -0.1) is 0 Å². The van der Waals surface area contributed by atoms with Gasteiger partial charge in [-0.05, 0) is 36.0 Å². The number of aromatic nitrogens is 2. The van der Waals surface area contributed by atoms with Crippen molar-refractivity contribution in [2.75, 3.05) is 17.6 Å². The van der Waals surface area contributed by atoms with E-state index in [4.69, 9.17) is 5.73 Å². The molecule has 0 amide bonds. The third-order valence-electron chi connectivity index (χ3n) is 3.96. The molecule has 1 aliphatic carbocycles. The molecule has 0 saturated heterocycles. The van der Waals surface area contributed by atoms with E-state index in [9.17, 15) is 4.79 Å². The van der Waals surface area contributed by atoms with Crippen molar-refractivity contribution in [3.8, 4) is 0 Å². The quantitative estimate of drug-likeness (QED) is 0.735. The molecule has 1 saturated carbocycles. The van der Waals surface area contributed by atoms with Gasteiger partial charge in [0, 0.05) is 12.2 Å². The third-order valence-corrected chi connectivity index (χ3v) is 3.96. The topological polar surface area (TPSA) is 83.8 Å². The SMILES string of the molecule is CC1(C)CC1CNc1nc2ccc(N)cc2c(=O)[nH]1. The van der Waals surface area contributed by atoms with Crippen LogP contribution in [0.4, 0.5) is 11.6 Å². The number of rotatable bonds is 3. The second-order valence-corrected chi connectivity index (χ2v) is 5.96. The van der Waals surface area contributed by atoms with Crippen molar-refractivity contribution >= 4 is 22.5 Å². The second-order valence-electron chi connectivity index (χ2n) is 5.96. The fraction of sp³-hybridized carbons (Fsp3) is 0.429. The van der Waals surface area contributed by atoms with Gasteiger partial charge in [0.1, 0.15) is 0 Å². The van der Waals surface area contributed by atoms with Gasteiger partial charge in [0.2, 0.25) is 5.95 Å². The Bertz CT molecular complexity index is 689. The summed E-state index contributed by atoms with van der Waals surface area (Å²) in [6.07, 6.45) is 1.22. The molecule has 0 aliphatic heterocycles. The molecule has 0 spiro atoms. The Hall–Kier alpha value is -2.04. The van der Waals surface area contributed by atoms with Crippen molar-refractivity contribution in [2.24, 2.45) is 11.3 Å². The fourth-order valence-corrected chi connectivity index (χ4v) is 2.38. The van der Waals surface area contributed by atoms with Crippen molar-refractivity contribution in [1.82, 2.24) is 9.97 Å². The minimum Gasteiger partial charge on any atom is -0.399 e. The normalized spacial score (nSPS) is 20.4. The molecule has 100 valence electrons. The highest BCUT2D eigenvalue weighted by atomic mass is 16.1. The number of H-pyrrole nitrogens is 1. The van der Waals surface area contributed by atoms with Crippen LogP contribution in [0.1, 0.15) is 20.3 Å². The molecule has 1 aliphatic rings. The van der Waals surface area contributed by atoms with Gasteiger partial charge in [0.05, 0.1) is 10.9 Å². The van der Waals surface area contributed by atoms with E-state index in [0.717, 1.165) is 6.54 Å². The standard InChI is InChI=1S/C14H18N4O/c1-14(2)6-8(14)7-16-13-17-11-4-3-9(15)5-10(11)12(19)18-13/h3-5,8H,6-7,15H2,1-2H3,(H2,16,17,18,19). The Labute approximate surface area is 111 Å². The maximum absolute atomic E-state index is 11.9. The fourth-order valence-electron chi connectivity index (χ4n) is 2.38. The number of fused-ring (bicyclic) bond motifs is 1. The van der Waals surface area contributed by atoms with Crippen LogP contribution in [0.25, 0.3) is 10.9 Å². The molecule has 1 aromatic heterocycles. The Morgan fingerprint density at radius 3 is 2.95 bits per heavy atom. The van der Waals surface area contributed by atoms with Crippen LogP contribution in [0, 0.1) is 11.3 Å². The lowest BCUT2D eigenvalue weighted by Crippen LogP contribution is -2.15. The summed E-state index contributed by atoms with van der Waals surface area (Å²) in [5.74, 6) is 1.19. The van der Waals surface area contributed by atoms with Gasteiger partial charge in [-0.2, -0.15) is 0 Å². The van der Waals surface area contributed by atoms with Crippen LogP contribution in [0.5, 0.6) is 0 Å². The summed E-state index contributed by atoms with van der Waals surface area (Å²) in [5.41, 5.74) is 7.16. The van der Waals surface area contributed by atoms with E-state index in [1.54, 1.807) is 18.2 Å². The number of nitrogens with two attached hydrogens (primary N) is 1. The maximum Gasteiger partial charge on any atom is 0.260 e. The van der Waals surface area contributed by atoms with Crippen LogP contribution >= 0.6 is 0 Å². The van der Waals surface area contributed by atoms with E-state index < -0.39 is 0 Å². The zero-order chi connectivity index (χ0) is 13.6. The lowest BCUT2D eigenvalue weighted by Gasteiger charge is -2.07. The smallest absolute Gasteiger partial charge is 0.260 e. The molecule has 0 bridgehead atoms. The number of nitrogens with zero attached hydrogens (tertiary/aromatic N) is 1. The van der Waals surface area contributed by atoms with Crippen molar-refractivity contribution in [3.63, 3.8) is 0 Å². The molecule has 1 unspecified atom stereocenters. The van der Waals surface area contributed by atoms with Gasteiger partial charge in [-0.3, -0.25) is 9.78 Å². The summed E-state index contributed by atoms with van der Waals surface area (Å²) in [4.78, 5) is 19.1. The van der Waals surface area contributed by atoms with Gasteiger partial charge in [0.25, 0.3) is 5.56 Å². The first kappa shape index (κ1) is 12.0.